The fourth-order valence-electron chi connectivity index (χ4n) is 7.48. The first-order chi connectivity index (χ1) is 24.5. The van der Waals surface area contributed by atoms with E-state index in [1.165, 1.54) is 5.57 Å². The molecule has 50 heavy (non-hydrogen) atoms. The van der Waals surface area contributed by atoms with Gasteiger partial charge < -0.3 is 15.0 Å². The van der Waals surface area contributed by atoms with Gasteiger partial charge in [0.05, 0.1) is 11.1 Å². The Morgan fingerprint density at radius 1 is 0.760 bits per heavy atom. The molecule has 5 aromatic carbocycles. The van der Waals surface area contributed by atoms with Crippen molar-refractivity contribution in [2.24, 2.45) is 15.0 Å². The monoisotopic (exact) mass is 653 g/mol. The molecule has 0 saturated carbocycles. The van der Waals surface area contributed by atoms with Gasteiger partial charge in [0.2, 0.25) is 0 Å². The largest absolute Gasteiger partial charge is 0.485 e. The number of rotatable bonds is 6. The van der Waals surface area contributed by atoms with Crippen molar-refractivity contribution in [2.75, 3.05) is 4.90 Å². The quantitative estimate of drug-likeness (QED) is 0.198. The van der Waals surface area contributed by atoms with Crippen LogP contribution >= 0.6 is 0 Å². The molecule has 0 bridgehead atoms. The number of nitrogens with one attached hydrogen (secondary N) is 1. The molecular weight excluding hydrogens is 622 g/mol. The molecule has 1 N–H and O–H groups in total. The highest BCUT2D eigenvalue weighted by Crippen LogP contribution is 2.45. The van der Waals surface area contributed by atoms with Crippen LogP contribution in [0.1, 0.15) is 43.0 Å². The van der Waals surface area contributed by atoms with Gasteiger partial charge in [0.15, 0.2) is 0 Å². The van der Waals surface area contributed by atoms with E-state index in [0.29, 0.717) is 16.4 Å². The Morgan fingerprint density at radius 3 is 2.32 bits per heavy atom. The van der Waals surface area contributed by atoms with Gasteiger partial charge >= 0.3 is 12.1 Å². The third-order valence-electron chi connectivity index (χ3n) is 9.77. The molecule has 4 aliphatic rings. The van der Waals surface area contributed by atoms with E-state index < -0.39 is 18.1 Å². The molecule has 1 aliphatic carbocycles. The van der Waals surface area contributed by atoms with Gasteiger partial charge in [0.25, 0.3) is 0 Å². The van der Waals surface area contributed by atoms with Crippen LogP contribution in [0.5, 0.6) is 5.75 Å². The van der Waals surface area contributed by atoms with E-state index in [2.05, 4.69) is 118 Å². The van der Waals surface area contributed by atoms with E-state index in [1.54, 1.807) is 0 Å². The molecule has 0 radical (unpaired) electrons. The van der Waals surface area contributed by atoms with Gasteiger partial charge in [-0.3, -0.25) is 0 Å². The van der Waals surface area contributed by atoms with E-state index in [-0.39, 0.29) is 6.10 Å². The minimum atomic E-state index is -0.555. The Morgan fingerprint density at radius 2 is 1.52 bits per heavy atom. The third-order valence-corrected chi connectivity index (χ3v) is 9.77. The Kier molecular flexibility index (Phi) is 6.91. The summed E-state index contributed by atoms with van der Waals surface area (Å²) in [6, 6.07) is 34.1. The Labute approximate surface area is 288 Å². The van der Waals surface area contributed by atoms with Crippen LogP contribution in [0.2, 0.25) is 0 Å². The lowest BCUT2D eigenvalue weighted by atomic mass is 9.85. The molecular formula is C42H31N5O3. The second kappa shape index (κ2) is 11.6. The van der Waals surface area contributed by atoms with E-state index in [1.807, 2.05) is 42.5 Å². The van der Waals surface area contributed by atoms with Crippen molar-refractivity contribution in [3.8, 4) is 28.0 Å². The summed E-state index contributed by atoms with van der Waals surface area (Å²) in [6.45, 7) is 4.21. The van der Waals surface area contributed by atoms with E-state index in [9.17, 15) is 9.59 Å². The fourth-order valence-corrected chi connectivity index (χ4v) is 7.48. The minimum Gasteiger partial charge on any atom is -0.485 e. The highest BCUT2D eigenvalue weighted by Gasteiger charge is 2.34. The second-order valence-electron chi connectivity index (χ2n) is 12.6. The molecule has 0 aromatic heterocycles. The first-order valence-corrected chi connectivity index (χ1v) is 16.8. The first-order valence-electron chi connectivity index (χ1n) is 16.8. The van der Waals surface area contributed by atoms with Crippen molar-refractivity contribution >= 4 is 46.5 Å². The number of hydrogen-bond acceptors (Lipinski definition) is 4. The van der Waals surface area contributed by atoms with Crippen LogP contribution in [0.4, 0.5) is 26.7 Å². The summed E-state index contributed by atoms with van der Waals surface area (Å²) in [4.78, 5) is 39.5. The number of aliphatic imine (C=N–C) groups is 1. The van der Waals surface area contributed by atoms with Crippen LogP contribution in [-0.2, 0) is 0 Å². The maximum absolute atomic E-state index is 12.4. The Hall–Kier alpha value is -6.41. The number of nitrogens with zero attached hydrogens (tertiary/aromatic N) is 4. The number of amides is 4. The standard InChI is InChI=1S/C42H31N5O3/c1-3-30-31-18-17-29(22-37(31)50-36(30)4-2)47(27-15-13-25(14-16-27)24-9-6-5-7-10-24)28-12-8-11-26(21-28)33-23-35-40(46-42(49)44-35)38-32(33)19-20-34-39(38)45-41(48)43-34/h3,5-23,36,39H,4H2,1-2H3,(H,45,48)/b30-3-. The summed E-state index contributed by atoms with van der Waals surface area (Å²) >= 11 is 0. The molecule has 0 spiro atoms. The SMILES string of the molecule is C/C=C1/c2ccc(N(c3ccc(-c4ccccc4)cc3)c3cccc(-c4cc5c(c6c4C=CC4=NC(=O)NC46)=NC(=O)N=5)c3)cc2OC1CC. The summed E-state index contributed by atoms with van der Waals surface area (Å²) in [6.07, 6.45) is 6.87. The van der Waals surface area contributed by atoms with Crippen molar-refractivity contribution in [2.45, 2.75) is 32.4 Å². The van der Waals surface area contributed by atoms with Crippen LogP contribution < -0.4 is 25.7 Å². The van der Waals surface area contributed by atoms with Crippen LogP contribution in [-0.4, -0.2) is 23.9 Å². The van der Waals surface area contributed by atoms with Gasteiger partial charge in [-0.15, -0.1) is 0 Å². The molecule has 2 atom stereocenters. The third kappa shape index (κ3) is 4.79. The predicted octanol–water partition coefficient (Wildman–Crippen LogP) is 8.67. The van der Waals surface area contributed by atoms with E-state index in [4.69, 9.17) is 4.74 Å². The number of fused-ring (bicyclic) bond motifs is 6. The topological polar surface area (TPSA) is 95.7 Å². The van der Waals surface area contributed by atoms with Crippen LogP contribution in [0.15, 0.2) is 130 Å². The highest BCUT2D eigenvalue weighted by atomic mass is 16.5. The molecule has 5 aromatic rings. The number of carbonyl (C=O) groups is 2. The molecule has 8 nitrogen and oxygen atoms in total. The molecule has 242 valence electrons. The summed E-state index contributed by atoms with van der Waals surface area (Å²) in [5.41, 5.74) is 11.5. The molecule has 3 heterocycles. The lowest BCUT2D eigenvalue weighted by Gasteiger charge is -2.27. The number of ether oxygens (including phenoxy) is 1. The maximum atomic E-state index is 12.4. The summed E-state index contributed by atoms with van der Waals surface area (Å²) in [5, 5.41) is 3.90. The predicted molar refractivity (Wildman–Crippen MR) is 196 cm³/mol. The summed E-state index contributed by atoms with van der Waals surface area (Å²) < 4.78 is 6.46. The fraction of sp³-hybridized carbons (Fsp3) is 0.119. The zero-order valence-corrected chi connectivity index (χ0v) is 27.4. The normalized spacial score (nSPS) is 18.7. The van der Waals surface area contributed by atoms with Crippen LogP contribution in [0.25, 0.3) is 33.9 Å². The molecule has 0 fully saturated rings. The maximum Gasteiger partial charge on any atom is 0.368 e. The van der Waals surface area contributed by atoms with Crippen LogP contribution in [0.3, 0.4) is 0 Å². The van der Waals surface area contributed by atoms with Crippen molar-refractivity contribution in [1.29, 1.82) is 0 Å². The number of benzene rings is 5. The van der Waals surface area contributed by atoms with Crippen LogP contribution in [0, 0.1) is 0 Å². The average Bonchev–Trinajstić information content (AvgIpc) is 3.84. The number of hydrogen-bond donors (Lipinski definition) is 1. The van der Waals surface area contributed by atoms with E-state index in [0.717, 1.165) is 68.2 Å². The Balaban J connectivity index is 1.20. The van der Waals surface area contributed by atoms with Gasteiger partial charge in [0, 0.05) is 34.3 Å². The Bertz CT molecular complexity index is 2480. The highest BCUT2D eigenvalue weighted by molar-refractivity contribution is 6.15. The molecule has 0 saturated heterocycles. The minimum absolute atomic E-state index is 0.0328. The van der Waals surface area contributed by atoms with Crippen molar-refractivity contribution in [1.82, 2.24) is 5.32 Å². The number of allylic oxidation sites excluding steroid dienone is 1. The second-order valence-corrected chi connectivity index (χ2v) is 12.6. The van der Waals surface area contributed by atoms with Gasteiger partial charge in [-0.1, -0.05) is 73.7 Å². The lowest BCUT2D eigenvalue weighted by Crippen LogP contribution is -2.37. The molecule has 9 rings (SSSR count). The zero-order valence-electron chi connectivity index (χ0n) is 27.4. The van der Waals surface area contributed by atoms with Gasteiger partial charge in [-0.25, -0.2) is 9.59 Å². The smallest absolute Gasteiger partial charge is 0.368 e. The molecule has 8 heteroatoms. The zero-order chi connectivity index (χ0) is 33.9. The summed E-state index contributed by atoms with van der Waals surface area (Å²) in [7, 11) is 0. The first kappa shape index (κ1) is 29.7. The van der Waals surface area contributed by atoms with Crippen molar-refractivity contribution in [3.63, 3.8) is 0 Å². The number of anilines is 3. The summed E-state index contributed by atoms with van der Waals surface area (Å²) in [5.74, 6) is 0.869. The average molecular weight is 654 g/mol. The number of carbonyl (C=O) groups excluding carboxylic acids is 2. The van der Waals surface area contributed by atoms with Crippen molar-refractivity contribution < 1.29 is 14.3 Å². The van der Waals surface area contributed by atoms with Gasteiger partial charge in [0.1, 0.15) is 23.3 Å². The lowest BCUT2D eigenvalue weighted by molar-refractivity contribution is 0.250. The van der Waals surface area contributed by atoms with E-state index >= 15 is 0 Å². The van der Waals surface area contributed by atoms with Crippen molar-refractivity contribution in [3.05, 3.63) is 143 Å². The molecule has 4 amide bonds. The molecule has 3 aliphatic heterocycles. The number of urea groups is 2. The van der Waals surface area contributed by atoms with Gasteiger partial charge in [-0.05, 0) is 95.3 Å². The van der Waals surface area contributed by atoms with Gasteiger partial charge in [-0.2, -0.15) is 15.0 Å². The molecule has 2 unspecified atom stereocenters.